The second-order valence-electron chi connectivity index (χ2n) is 10.5. The first kappa shape index (κ1) is 26.8. The van der Waals surface area contributed by atoms with E-state index in [0.29, 0.717) is 29.5 Å². The van der Waals surface area contributed by atoms with Gasteiger partial charge in [-0.2, -0.15) is 0 Å². The highest BCUT2D eigenvalue weighted by Gasteiger charge is 2.53. The summed E-state index contributed by atoms with van der Waals surface area (Å²) in [7, 11) is 0. The van der Waals surface area contributed by atoms with Crippen molar-refractivity contribution in [1.82, 2.24) is 9.88 Å². The maximum Gasteiger partial charge on any atom is 0.332 e. The highest BCUT2D eigenvalue weighted by Crippen LogP contribution is 2.45. The van der Waals surface area contributed by atoms with E-state index in [1.54, 1.807) is 59.5 Å². The Bertz CT molecular complexity index is 1900. The molecule has 2 aliphatic heterocycles. The van der Waals surface area contributed by atoms with Crippen LogP contribution in [-0.2, 0) is 11.2 Å². The predicted molar refractivity (Wildman–Crippen MR) is 166 cm³/mol. The van der Waals surface area contributed by atoms with Crippen molar-refractivity contribution in [1.29, 1.82) is 0 Å². The highest BCUT2D eigenvalue weighted by atomic mass is 35.5. The van der Waals surface area contributed by atoms with Gasteiger partial charge in [0, 0.05) is 33.7 Å². The third-order valence-electron chi connectivity index (χ3n) is 8.03. The first-order valence-electron chi connectivity index (χ1n) is 14.1. The van der Waals surface area contributed by atoms with Crippen LogP contribution >= 0.6 is 11.6 Å². The van der Waals surface area contributed by atoms with Crippen LogP contribution in [0.1, 0.15) is 40.1 Å². The molecule has 0 bridgehead atoms. The molecule has 9 heteroatoms. The van der Waals surface area contributed by atoms with Crippen molar-refractivity contribution in [2.45, 2.75) is 25.4 Å². The quantitative estimate of drug-likeness (QED) is 0.209. The Labute approximate surface area is 252 Å². The number of nitrogens with one attached hydrogen (secondary N) is 2. The molecule has 2 aliphatic rings. The maximum atomic E-state index is 14.3. The molecule has 4 amide bonds. The van der Waals surface area contributed by atoms with Crippen LogP contribution in [-0.4, -0.2) is 40.4 Å². The van der Waals surface area contributed by atoms with E-state index >= 15 is 0 Å². The number of H-pyrrole nitrogens is 1. The number of para-hydroxylation sites is 2. The molecule has 0 radical (unpaired) electrons. The molecule has 2 N–H and O–H groups in total. The van der Waals surface area contributed by atoms with E-state index in [9.17, 15) is 14.4 Å². The number of nitrogens with zero attached hydrogens (tertiary/aromatic N) is 2. The number of carbonyl (C=O) groups excluding carboxylic acids is 3. The molecule has 1 unspecified atom stereocenters. The molecule has 1 aromatic heterocycles. The zero-order valence-electron chi connectivity index (χ0n) is 23.2. The Balaban J connectivity index is 1.28. The summed E-state index contributed by atoms with van der Waals surface area (Å²) < 4.78 is 5.49. The number of urea groups is 1. The van der Waals surface area contributed by atoms with Gasteiger partial charge in [0.05, 0.1) is 17.9 Å². The molecule has 0 saturated carbocycles. The number of benzene rings is 4. The Morgan fingerprint density at radius 3 is 2.53 bits per heavy atom. The van der Waals surface area contributed by atoms with Gasteiger partial charge in [0.1, 0.15) is 17.8 Å². The molecule has 0 spiro atoms. The predicted octanol–water partition coefficient (Wildman–Crippen LogP) is 6.96. The van der Waals surface area contributed by atoms with Crippen molar-refractivity contribution in [3.63, 3.8) is 0 Å². The average Bonchev–Trinajstić information content (AvgIpc) is 3.51. The number of hydrogen-bond donors (Lipinski definition) is 2. The van der Waals surface area contributed by atoms with Crippen molar-refractivity contribution in [2.75, 3.05) is 16.8 Å². The van der Waals surface area contributed by atoms with Crippen LogP contribution in [0.5, 0.6) is 5.75 Å². The minimum atomic E-state index is -0.759. The summed E-state index contributed by atoms with van der Waals surface area (Å²) in [5.74, 6) is -0.125. The van der Waals surface area contributed by atoms with Crippen LogP contribution in [0.15, 0.2) is 97.1 Å². The molecule has 5 aromatic rings. The second-order valence-corrected chi connectivity index (χ2v) is 11.0. The van der Waals surface area contributed by atoms with Crippen molar-refractivity contribution in [3.05, 3.63) is 124 Å². The molecule has 4 aromatic carbocycles. The molecule has 1 fully saturated rings. The van der Waals surface area contributed by atoms with Crippen molar-refractivity contribution >= 4 is 51.7 Å². The SMILES string of the molecule is CCOc1ccc(NC(=O)c2ccccc2N2C(=O)[C@@H]3Cc4c([nH]c5ccccc45)C(c4cccc(Cl)c4)N3C2=O)cc1. The number of imide groups is 1. The Kier molecular flexibility index (Phi) is 6.63. The standard InChI is InChI=1S/C34H27ClN4O4/c1-2-43-23-16-14-22(15-17-23)36-32(40)25-11-4-6-13-28(25)39-33(41)29-19-26-24-10-3-5-12-27(24)37-30(26)31(38(29)34(39)42)20-8-7-9-21(35)18-20/h3-18,29,31,37H,2,19H2,1H3,(H,36,40)/t29-,31?/m0/s1. The summed E-state index contributed by atoms with van der Waals surface area (Å²) in [5, 5.41) is 4.42. The lowest BCUT2D eigenvalue weighted by molar-refractivity contribution is -0.120. The Hall–Kier alpha value is -5.08. The van der Waals surface area contributed by atoms with Gasteiger partial charge in [-0.05, 0) is 72.6 Å². The first-order valence-corrected chi connectivity index (χ1v) is 14.5. The molecule has 1 saturated heterocycles. The third-order valence-corrected chi connectivity index (χ3v) is 8.26. The number of rotatable bonds is 6. The minimum absolute atomic E-state index is 0.209. The lowest BCUT2D eigenvalue weighted by Gasteiger charge is -2.36. The van der Waals surface area contributed by atoms with Crippen LogP contribution < -0.4 is 15.0 Å². The first-order chi connectivity index (χ1) is 20.9. The smallest absolute Gasteiger partial charge is 0.332 e. The Morgan fingerprint density at radius 1 is 0.977 bits per heavy atom. The van der Waals surface area contributed by atoms with Gasteiger partial charge in [-0.3, -0.25) is 14.5 Å². The number of aromatic nitrogens is 1. The minimum Gasteiger partial charge on any atom is -0.494 e. The number of fused-ring (bicyclic) bond motifs is 4. The highest BCUT2D eigenvalue weighted by molar-refractivity contribution is 6.30. The number of anilines is 2. The average molecular weight is 591 g/mol. The summed E-state index contributed by atoms with van der Waals surface area (Å²) >= 11 is 6.41. The van der Waals surface area contributed by atoms with Crippen LogP contribution in [0, 0.1) is 0 Å². The summed E-state index contributed by atoms with van der Waals surface area (Å²) in [6.45, 7) is 2.44. The van der Waals surface area contributed by atoms with Crippen LogP contribution in [0.25, 0.3) is 10.9 Å². The number of carbonyl (C=O) groups is 3. The normalized spacial score (nSPS) is 17.6. The number of amides is 4. The van der Waals surface area contributed by atoms with E-state index in [0.717, 1.165) is 32.6 Å². The molecule has 214 valence electrons. The van der Waals surface area contributed by atoms with Crippen LogP contribution in [0.3, 0.4) is 0 Å². The van der Waals surface area contributed by atoms with Crippen molar-refractivity contribution in [2.24, 2.45) is 0 Å². The number of ether oxygens (including phenoxy) is 1. The van der Waals surface area contributed by atoms with Gasteiger partial charge in [0.2, 0.25) is 0 Å². The summed E-state index contributed by atoms with van der Waals surface area (Å²) in [6, 6.07) is 27.1. The van der Waals surface area contributed by atoms with Gasteiger partial charge in [-0.15, -0.1) is 0 Å². The van der Waals surface area contributed by atoms with Gasteiger partial charge in [-0.25, -0.2) is 9.69 Å². The zero-order chi connectivity index (χ0) is 29.7. The van der Waals surface area contributed by atoms with Crippen molar-refractivity contribution in [3.8, 4) is 5.75 Å². The summed E-state index contributed by atoms with van der Waals surface area (Å²) in [5.41, 5.74) is 4.57. The molecule has 3 heterocycles. The van der Waals surface area contributed by atoms with E-state index in [1.807, 2.05) is 49.4 Å². The number of aromatic amines is 1. The number of hydrogen-bond acceptors (Lipinski definition) is 4. The largest absolute Gasteiger partial charge is 0.494 e. The van der Waals surface area contributed by atoms with Gasteiger partial charge < -0.3 is 15.0 Å². The van der Waals surface area contributed by atoms with E-state index in [4.69, 9.17) is 16.3 Å². The fraction of sp³-hybridized carbons (Fsp3) is 0.147. The van der Waals surface area contributed by atoms with E-state index in [2.05, 4.69) is 10.3 Å². The lowest BCUT2D eigenvalue weighted by Crippen LogP contribution is -2.44. The summed E-state index contributed by atoms with van der Waals surface area (Å²) in [6.07, 6.45) is 0.345. The maximum absolute atomic E-state index is 14.3. The Morgan fingerprint density at radius 2 is 1.74 bits per heavy atom. The summed E-state index contributed by atoms with van der Waals surface area (Å²) in [4.78, 5) is 48.3. The topological polar surface area (TPSA) is 94.7 Å². The van der Waals surface area contributed by atoms with Gasteiger partial charge in [0.15, 0.2) is 0 Å². The molecular formula is C34H27ClN4O4. The third kappa shape index (κ3) is 4.51. The van der Waals surface area contributed by atoms with E-state index in [1.165, 1.54) is 0 Å². The molecular weight excluding hydrogens is 564 g/mol. The number of halogens is 1. The molecule has 8 nitrogen and oxygen atoms in total. The van der Waals surface area contributed by atoms with Gasteiger partial charge in [0.25, 0.3) is 11.8 Å². The fourth-order valence-electron chi connectivity index (χ4n) is 6.18. The van der Waals surface area contributed by atoms with Gasteiger partial charge >= 0.3 is 6.03 Å². The molecule has 2 atom stereocenters. The zero-order valence-corrected chi connectivity index (χ0v) is 24.0. The van der Waals surface area contributed by atoms with Crippen LogP contribution in [0.2, 0.25) is 5.02 Å². The molecule has 0 aliphatic carbocycles. The van der Waals surface area contributed by atoms with Crippen molar-refractivity contribution < 1.29 is 19.1 Å². The molecule has 7 rings (SSSR count). The van der Waals surface area contributed by atoms with Gasteiger partial charge in [-0.1, -0.05) is 54.1 Å². The molecule has 43 heavy (non-hydrogen) atoms. The van der Waals surface area contributed by atoms with E-state index in [-0.39, 0.29) is 17.2 Å². The lowest BCUT2D eigenvalue weighted by atomic mass is 9.89. The van der Waals surface area contributed by atoms with Crippen LogP contribution in [0.4, 0.5) is 16.2 Å². The second kappa shape index (κ2) is 10.6. The monoisotopic (exact) mass is 590 g/mol. The van der Waals surface area contributed by atoms with E-state index < -0.39 is 24.0 Å². The fourth-order valence-corrected chi connectivity index (χ4v) is 6.38.